The zero-order chi connectivity index (χ0) is 15.8. The van der Waals surface area contributed by atoms with Gasteiger partial charge in [-0.2, -0.15) is 0 Å². The number of benzene rings is 1. The lowest BCUT2D eigenvalue weighted by atomic mass is 10.2. The third-order valence-corrected chi connectivity index (χ3v) is 2.81. The molecule has 1 N–H and O–H groups in total. The molecule has 0 spiro atoms. The van der Waals surface area contributed by atoms with Gasteiger partial charge in [0, 0.05) is 19.5 Å². The maximum atomic E-state index is 12.0. The van der Waals surface area contributed by atoms with Crippen molar-refractivity contribution < 1.29 is 19.1 Å². The Bertz CT molecular complexity index is 528. The predicted molar refractivity (Wildman–Crippen MR) is 80.6 cm³/mol. The number of hydrogen-bond donors (Lipinski definition) is 1. The van der Waals surface area contributed by atoms with E-state index >= 15 is 0 Å². The van der Waals surface area contributed by atoms with Crippen LogP contribution in [0, 0.1) is 0 Å². The van der Waals surface area contributed by atoms with Gasteiger partial charge in [-0.05, 0) is 12.1 Å². The Morgan fingerprint density at radius 1 is 1.33 bits per heavy atom. The molecular weight excluding hydrogens is 272 g/mol. The van der Waals surface area contributed by atoms with Crippen LogP contribution < -0.4 is 14.8 Å². The van der Waals surface area contributed by atoms with E-state index in [1.807, 2.05) is 0 Å². The molecule has 1 aromatic rings. The van der Waals surface area contributed by atoms with E-state index < -0.39 is 0 Å². The summed E-state index contributed by atoms with van der Waals surface area (Å²) in [5, 5.41) is 2.71. The van der Waals surface area contributed by atoms with E-state index in [4.69, 9.17) is 9.47 Å². The molecule has 0 radical (unpaired) electrons. The number of amides is 2. The first-order valence-electron chi connectivity index (χ1n) is 6.40. The van der Waals surface area contributed by atoms with Crippen molar-refractivity contribution in [2.45, 2.75) is 6.92 Å². The summed E-state index contributed by atoms with van der Waals surface area (Å²) in [4.78, 5) is 24.8. The topological polar surface area (TPSA) is 67.9 Å². The maximum absolute atomic E-state index is 12.0. The molecule has 6 heteroatoms. The lowest BCUT2D eigenvalue weighted by molar-refractivity contribution is -0.132. The highest BCUT2D eigenvalue weighted by molar-refractivity contribution is 5.95. The number of rotatable bonds is 7. The summed E-state index contributed by atoms with van der Waals surface area (Å²) in [6.07, 6.45) is 1.57. The zero-order valence-corrected chi connectivity index (χ0v) is 12.5. The minimum absolute atomic E-state index is 0.0451. The number of carbonyl (C=O) groups is 2. The van der Waals surface area contributed by atoms with Crippen molar-refractivity contribution in [2.24, 2.45) is 0 Å². The molecule has 114 valence electrons. The molecule has 0 aliphatic rings. The Kier molecular flexibility index (Phi) is 6.26. The van der Waals surface area contributed by atoms with E-state index in [0.717, 1.165) is 0 Å². The van der Waals surface area contributed by atoms with Crippen LogP contribution in [0.3, 0.4) is 0 Å². The second-order valence-corrected chi connectivity index (χ2v) is 4.30. The van der Waals surface area contributed by atoms with E-state index in [2.05, 4.69) is 11.9 Å². The summed E-state index contributed by atoms with van der Waals surface area (Å²) in [6, 6.07) is 5.06. The first-order chi connectivity index (χ1) is 10.0. The summed E-state index contributed by atoms with van der Waals surface area (Å²) in [7, 11) is 3.05. The van der Waals surface area contributed by atoms with Crippen LogP contribution in [-0.4, -0.2) is 44.0 Å². The smallest absolute Gasteiger partial charge is 0.244 e. The Hall–Kier alpha value is -2.50. The van der Waals surface area contributed by atoms with Crippen molar-refractivity contribution in [3.05, 3.63) is 30.9 Å². The Labute approximate surface area is 124 Å². The molecule has 0 aliphatic heterocycles. The number of ether oxygens (including phenoxy) is 2. The summed E-state index contributed by atoms with van der Waals surface area (Å²) in [5.74, 6) is 0.616. The van der Waals surface area contributed by atoms with Crippen LogP contribution in [0.15, 0.2) is 30.9 Å². The molecule has 0 aliphatic carbocycles. The molecule has 0 aromatic heterocycles. The number of methoxy groups -OCH3 is 2. The first kappa shape index (κ1) is 16.6. The van der Waals surface area contributed by atoms with Gasteiger partial charge in [-0.1, -0.05) is 6.08 Å². The molecule has 0 fully saturated rings. The zero-order valence-electron chi connectivity index (χ0n) is 12.5. The second kappa shape index (κ2) is 7.94. The lowest BCUT2D eigenvalue weighted by Gasteiger charge is -2.19. The van der Waals surface area contributed by atoms with Crippen LogP contribution >= 0.6 is 0 Å². The molecule has 0 unspecified atom stereocenters. The van der Waals surface area contributed by atoms with Crippen molar-refractivity contribution in [1.82, 2.24) is 4.90 Å². The number of nitrogens with zero attached hydrogens (tertiary/aromatic N) is 1. The van der Waals surface area contributed by atoms with Gasteiger partial charge in [0.05, 0.1) is 19.9 Å². The summed E-state index contributed by atoms with van der Waals surface area (Å²) >= 11 is 0. The van der Waals surface area contributed by atoms with Gasteiger partial charge < -0.3 is 19.7 Å². The lowest BCUT2D eigenvalue weighted by Crippen LogP contribution is -2.36. The van der Waals surface area contributed by atoms with Gasteiger partial charge in [0.25, 0.3) is 0 Å². The maximum Gasteiger partial charge on any atom is 0.244 e. The molecular formula is C15H20N2O4. The third-order valence-electron chi connectivity index (χ3n) is 2.81. The van der Waals surface area contributed by atoms with Crippen molar-refractivity contribution >= 4 is 17.5 Å². The molecule has 0 heterocycles. The standard InChI is InChI=1S/C15H20N2O4/c1-5-8-17(11(2)18)10-15(19)16-13-7-6-12(20-3)9-14(13)21-4/h5-7,9H,1,8,10H2,2-4H3,(H,16,19). The van der Waals surface area contributed by atoms with Gasteiger partial charge in [-0.3, -0.25) is 9.59 Å². The summed E-state index contributed by atoms with van der Waals surface area (Å²) < 4.78 is 10.3. The van der Waals surface area contributed by atoms with Crippen molar-refractivity contribution in [1.29, 1.82) is 0 Å². The van der Waals surface area contributed by atoms with Gasteiger partial charge in [0.2, 0.25) is 11.8 Å². The number of nitrogens with one attached hydrogen (secondary N) is 1. The van der Waals surface area contributed by atoms with Crippen molar-refractivity contribution in [2.75, 3.05) is 32.6 Å². The van der Waals surface area contributed by atoms with E-state index in [9.17, 15) is 9.59 Å². The van der Waals surface area contributed by atoms with Crippen LogP contribution in [0.5, 0.6) is 11.5 Å². The van der Waals surface area contributed by atoms with E-state index in [-0.39, 0.29) is 18.4 Å². The van der Waals surface area contributed by atoms with E-state index in [1.165, 1.54) is 18.9 Å². The molecule has 1 rings (SSSR count). The molecule has 2 amide bonds. The second-order valence-electron chi connectivity index (χ2n) is 4.30. The molecule has 0 saturated carbocycles. The number of anilines is 1. The average molecular weight is 292 g/mol. The Balaban J connectivity index is 2.78. The summed E-state index contributed by atoms with van der Waals surface area (Å²) in [6.45, 7) is 5.25. The fourth-order valence-electron chi connectivity index (χ4n) is 1.73. The summed E-state index contributed by atoms with van der Waals surface area (Å²) in [5.41, 5.74) is 0.519. The fraction of sp³-hybridized carbons (Fsp3) is 0.333. The van der Waals surface area contributed by atoms with E-state index in [1.54, 1.807) is 31.4 Å². The largest absolute Gasteiger partial charge is 0.497 e. The monoisotopic (exact) mass is 292 g/mol. The van der Waals surface area contributed by atoms with Gasteiger partial charge in [-0.15, -0.1) is 6.58 Å². The molecule has 21 heavy (non-hydrogen) atoms. The van der Waals surface area contributed by atoms with Crippen LogP contribution in [0.1, 0.15) is 6.92 Å². The van der Waals surface area contributed by atoms with Gasteiger partial charge in [0.15, 0.2) is 0 Å². The predicted octanol–water partition coefficient (Wildman–Crippen LogP) is 1.68. The minimum Gasteiger partial charge on any atom is -0.497 e. The number of carbonyl (C=O) groups excluding carboxylic acids is 2. The highest BCUT2D eigenvalue weighted by Crippen LogP contribution is 2.28. The number of hydrogen-bond acceptors (Lipinski definition) is 4. The average Bonchev–Trinajstić information content (AvgIpc) is 2.47. The minimum atomic E-state index is -0.310. The molecule has 1 aromatic carbocycles. The highest BCUT2D eigenvalue weighted by atomic mass is 16.5. The molecule has 6 nitrogen and oxygen atoms in total. The first-order valence-corrected chi connectivity index (χ1v) is 6.40. The van der Waals surface area contributed by atoms with Crippen LogP contribution in [-0.2, 0) is 9.59 Å². The normalized spacial score (nSPS) is 9.67. The van der Waals surface area contributed by atoms with Crippen molar-refractivity contribution in [3.8, 4) is 11.5 Å². The molecule has 0 saturated heterocycles. The third kappa shape index (κ3) is 4.83. The van der Waals surface area contributed by atoms with Gasteiger partial charge >= 0.3 is 0 Å². The Morgan fingerprint density at radius 3 is 2.57 bits per heavy atom. The quantitative estimate of drug-likeness (QED) is 0.776. The van der Waals surface area contributed by atoms with Crippen molar-refractivity contribution in [3.63, 3.8) is 0 Å². The van der Waals surface area contributed by atoms with E-state index in [0.29, 0.717) is 23.7 Å². The van der Waals surface area contributed by atoms with Gasteiger partial charge in [0.1, 0.15) is 18.0 Å². The Morgan fingerprint density at radius 2 is 2.05 bits per heavy atom. The highest BCUT2D eigenvalue weighted by Gasteiger charge is 2.14. The molecule has 0 atom stereocenters. The SMILES string of the molecule is C=CCN(CC(=O)Nc1ccc(OC)cc1OC)C(C)=O. The fourth-order valence-corrected chi connectivity index (χ4v) is 1.73. The van der Waals surface area contributed by atoms with Crippen LogP contribution in [0.25, 0.3) is 0 Å². The molecule has 0 bridgehead atoms. The van der Waals surface area contributed by atoms with Crippen LogP contribution in [0.4, 0.5) is 5.69 Å². The van der Waals surface area contributed by atoms with Gasteiger partial charge in [-0.25, -0.2) is 0 Å². The van der Waals surface area contributed by atoms with Crippen LogP contribution in [0.2, 0.25) is 0 Å².